The maximum absolute atomic E-state index is 11.9. The third-order valence-electron chi connectivity index (χ3n) is 9.66. The van der Waals surface area contributed by atoms with E-state index in [1.165, 1.54) is 52.4 Å². The number of carbonyl (C=O) groups excluding carboxylic acids is 1. The highest BCUT2D eigenvalue weighted by Gasteiger charge is 2.18. The first kappa shape index (κ1) is 43.3. The first-order valence-corrected chi connectivity index (χ1v) is 19.3. The van der Waals surface area contributed by atoms with Crippen molar-refractivity contribution in [1.82, 2.24) is 0 Å². The minimum atomic E-state index is -0.356. The second-order valence-corrected chi connectivity index (χ2v) is 14.9. The van der Waals surface area contributed by atoms with Crippen molar-refractivity contribution < 1.29 is 14.6 Å². The van der Waals surface area contributed by atoms with Crippen LogP contribution in [-0.4, -0.2) is 11.1 Å². The van der Waals surface area contributed by atoms with E-state index < -0.39 is 0 Å². The standard InChI is InChI=1S/C48H68O3/c1-35(2)19-13-20-36(3)21-14-22-37(4)23-15-24-38(5)25-16-26-39(6)27-17-28-40(7)29-18-30-41(8)33-34-44-42(9)47(50)45-31-11-12-32-46(45)48(44)51-43(10)49/h11-12,19,21,23,25,27,29,31-33,50H,13-18,20,22,24,26,28,30,34H2,1-10H3/b36-21+,37-23+,38-25+,39-27+,40-29+,41-33+. The molecule has 0 fully saturated rings. The van der Waals surface area contributed by atoms with E-state index in [2.05, 4.69) is 97.9 Å². The van der Waals surface area contributed by atoms with Crippen LogP contribution in [0.5, 0.6) is 11.5 Å². The third kappa shape index (κ3) is 17.3. The molecule has 1 N–H and O–H groups in total. The fraction of sp³-hybridized carbons (Fsp3) is 0.479. The lowest BCUT2D eigenvalue weighted by atomic mass is 9.95. The number of rotatable bonds is 21. The average molecular weight is 693 g/mol. The maximum atomic E-state index is 11.9. The summed E-state index contributed by atoms with van der Waals surface area (Å²) in [6, 6.07) is 7.54. The lowest BCUT2D eigenvalue weighted by Crippen LogP contribution is -2.06. The fourth-order valence-electron chi connectivity index (χ4n) is 6.28. The molecular weight excluding hydrogens is 625 g/mol. The molecular formula is C48H68O3. The first-order chi connectivity index (χ1) is 24.3. The van der Waals surface area contributed by atoms with Crippen LogP contribution in [0.4, 0.5) is 0 Å². The molecule has 0 saturated heterocycles. The number of ether oxygens (including phenoxy) is 1. The number of hydrogen-bond acceptors (Lipinski definition) is 3. The van der Waals surface area contributed by atoms with E-state index in [9.17, 15) is 9.90 Å². The van der Waals surface area contributed by atoms with Gasteiger partial charge in [-0.1, -0.05) is 106 Å². The molecule has 0 saturated carbocycles. The molecule has 2 aromatic carbocycles. The summed E-state index contributed by atoms with van der Waals surface area (Å²) >= 11 is 0. The number of hydrogen-bond donors (Lipinski definition) is 1. The molecule has 0 heterocycles. The Morgan fingerprint density at radius 1 is 0.549 bits per heavy atom. The molecule has 0 aromatic heterocycles. The van der Waals surface area contributed by atoms with Gasteiger partial charge >= 0.3 is 5.97 Å². The summed E-state index contributed by atoms with van der Waals surface area (Å²) in [6.07, 6.45) is 30.5. The number of esters is 1. The van der Waals surface area contributed by atoms with Crippen LogP contribution in [-0.2, 0) is 11.2 Å². The van der Waals surface area contributed by atoms with Crippen LogP contribution < -0.4 is 4.74 Å². The third-order valence-corrected chi connectivity index (χ3v) is 9.66. The maximum Gasteiger partial charge on any atom is 0.308 e. The largest absolute Gasteiger partial charge is 0.507 e. The van der Waals surface area contributed by atoms with Crippen molar-refractivity contribution in [2.45, 2.75) is 153 Å². The Bertz CT molecular complexity index is 1650. The van der Waals surface area contributed by atoms with Crippen LogP contribution in [0.25, 0.3) is 10.8 Å². The van der Waals surface area contributed by atoms with Gasteiger partial charge in [0.15, 0.2) is 0 Å². The van der Waals surface area contributed by atoms with E-state index in [1.807, 2.05) is 31.2 Å². The molecule has 0 spiro atoms. The van der Waals surface area contributed by atoms with Crippen molar-refractivity contribution in [3.05, 3.63) is 117 Å². The number of fused-ring (bicyclic) bond motifs is 1. The predicted octanol–water partition coefficient (Wildman–Crippen LogP) is 14.6. The quantitative estimate of drug-likeness (QED) is 0.0805. The molecule has 51 heavy (non-hydrogen) atoms. The van der Waals surface area contributed by atoms with E-state index in [0.29, 0.717) is 17.6 Å². The van der Waals surface area contributed by atoms with Gasteiger partial charge in [-0.15, -0.1) is 0 Å². The normalized spacial score (nSPS) is 13.6. The Labute approximate surface area is 311 Å². The molecule has 0 aliphatic heterocycles. The number of carbonyl (C=O) groups is 1. The second-order valence-electron chi connectivity index (χ2n) is 14.9. The molecule has 0 aliphatic rings. The Morgan fingerprint density at radius 2 is 0.902 bits per heavy atom. The summed E-state index contributed by atoms with van der Waals surface area (Å²) in [6.45, 7) is 21.1. The highest BCUT2D eigenvalue weighted by molar-refractivity contribution is 5.97. The average Bonchev–Trinajstić information content (AvgIpc) is 3.06. The van der Waals surface area contributed by atoms with Gasteiger partial charge in [-0.25, -0.2) is 0 Å². The molecule has 3 heteroatoms. The highest BCUT2D eigenvalue weighted by atomic mass is 16.5. The van der Waals surface area contributed by atoms with Crippen LogP contribution in [0.3, 0.4) is 0 Å². The van der Waals surface area contributed by atoms with E-state index in [1.54, 1.807) is 0 Å². The fourth-order valence-corrected chi connectivity index (χ4v) is 6.28. The van der Waals surface area contributed by atoms with Crippen LogP contribution in [0.2, 0.25) is 0 Å². The summed E-state index contributed by atoms with van der Waals surface area (Å²) in [5, 5.41) is 12.3. The zero-order valence-corrected chi connectivity index (χ0v) is 33.8. The summed E-state index contributed by atoms with van der Waals surface area (Å²) in [5.74, 6) is 0.448. The Kier molecular flexibility index (Phi) is 20.0. The van der Waals surface area contributed by atoms with Crippen molar-refractivity contribution in [2.24, 2.45) is 0 Å². The Morgan fingerprint density at radius 3 is 1.27 bits per heavy atom. The van der Waals surface area contributed by atoms with E-state index in [4.69, 9.17) is 4.74 Å². The van der Waals surface area contributed by atoms with Crippen LogP contribution in [0.15, 0.2) is 106 Å². The first-order valence-electron chi connectivity index (χ1n) is 19.3. The topological polar surface area (TPSA) is 46.5 Å². The molecule has 0 aliphatic carbocycles. The highest BCUT2D eigenvalue weighted by Crippen LogP contribution is 2.40. The molecule has 0 bridgehead atoms. The minimum Gasteiger partial charge on any atom is -0.507 e. The summed E-state index contributed by atoms with van der Waals surface area (Å²) < 4.78 is 5.67. The van der Waals surface area contributed by atoms with E-state index >= 15 is 0 Å². The van der Waals surface area contributed by atoms with Gasteiger partial charge in [-0.2, -0.15) is 0 Å². The molecule has 3 nitrogen and oxygen atoms in total. The van der Waals surface area contributed by atoms with E-state index in [0.717, 1.165) is 87.1 Å². The smallest absolute Gasteiger partial charge is 0.308 e. The predicted molar refractivity (Wildman–Crippen MR) is 223 cm³/mol. The molecule has 2 rings (SSSR count). The lowest BCUT2D eigenvalue weighted by Gasteiger charge is -2.16. The van der Waals surface area contributed by atoms with E-state index in [-0.39, 0.29) is 11.7 Å². The number of phenols is 1. The van der Waals surface area contributed by atoms with Crippen LogP contribution in [0.1, 0.15) is 150 Å². The van der Waals surface area contributed by atoms with Gasteiger partial charge in [-0.05, 0) is 151 Å². The van der Waals surface area contributed by atoms with Crippen molar-refractivity contribution in [1.29, 1.82) is 0 Å². The number of allylic oxidation sites excluding steroid dienone is 14. The van der Waals surface area contributed by atoms with Gasteiger partial charge in [0.05, 0.1) is 0 Å². The van der Waals surface area contributed by atoms with Crippen molar-refractivity contribution >= 4 is 16.7 Å². The molecule has 0 atom stereocenters. The second kappa shape index (κ2) is 23.6. The Hall–Kier alpha value is -3.85. The summed E-state index contributed by atoms with van der Waals surface area (Å²) in [5.41, 5.74) is 11.8. The van der Waals surface area contributed by atoms with Gasteiger partial charge in [0.2, 0.25) is 0 Å². The molecule has 2 aromatic rings. The zero-order valence-electron chi connectivity index (χ0n) is 33.8. The van der Waals surface area contributed by atoms with Crippen LogP contribution >= 0.6 is 0 Å². The van der Waals surface area contributed by atoms with Gasteiger partial charge in [0.25, 0.3) is 0 Å². The molecule has 0 unspecified atom stereocenters. The number of phenolic OH excluding ortho intramolecular Hbond substituents is 1. The Balaban J connectivity index is 1.74. The van der Waals surface area contributed by atoms with Gasteiger partial charge < -0.3 is 9.84 Å². The SMILES string of the molecule is CC(=O)Oc1c(C/C=C(\C)CC/C=C(\C)CC/C=C(\C)CC/C=C(\C)CC/C=C(\C)CC/C=C(\C)CCC=C(C)C)c(C)c(O)c2ccccc12. The lowest BCUT2D eigenvalue weighted by molar-refractivity contribution is -0.131. The zero-order chi connectivity index (χ0) is 37.8. The summed E-state index contributed by atoms with van der Waals surface area (Å²) in [7, 11) is 0. The van der Waals surface area contributed by atoms with Gasteiger partial charge in [0, 0.05) is 23.3 Å². The van der Waals surface area contributed by atoms with Crippen molar-refractivity contribution in [2.75, 3.05) is 0 Å². The molecule has 278 valence electrons. The van der Waals surface area contributed by atoms with Crippen molar-refractivity contribution in [3.63, 3.8) is 0 Å². The van der Waals surface area contributed by atoms with Gasteiger partial charge in [-0.3, -0.25) is 4.79 Å². The summed E-state index contributed by atoms with van der Waals surface area (Å²) in [4.78, 5) is 11.9. The van der Waals surface area contributed by atoms with Crippen LogP contribution in [0, 0.1) is 6.92 Å². The molecule has 0 amide bonds. The van der Waals surface area contributed by atoms with Gasteiger partial charge in [0.1, 0.15) is 11.5 Å². The minimum absolute atomic E-state index is 0.252. The molecule has 0 radical (unpaired) electrons. The monoisotopic (exact) mass is 693 g/mol. The van der Waals surface area contributed by atoms with Crippen molar-refractivity contribution in [3.8, 4) is 11.5 Å². The number of benzene rings is 2. The number of aromatic hydroxyl groups is 1.